The van der Waals surface area contributed by atoms with Crippen molar-refractivity contribution < 1.29 is 23.5 Å². The maximum absolute atomic E-state index is 14.0. The lowest BCUT2D eigenvalue weighted by molar-refractivity contribution is -0.161. The lowest BCUT2D eigenvalue weighted by atomic mass is 9.65. The van der Waals surface area contributed by atoms with E-state index in [1.807, 2.05) is 30.3 Å². The zero-order chi connectivity index (χ0) is 29.9. The summed E-state index contributed by atoms with van der Waals surface area (Å²) in [6.45, 7) is 0.407. The number of carbonyl (C=O) groups excluding carboxylic acids is 2. The van der Waals surface area contributed by atoms with Gasteiger partial charge in [0.15, 0.2) is 0 Å². The van der Waals surface area contributed by atoms with Crippen LogP contribution in [-0.2, 0) is 11.3 Å². The average molecular weight is 578 g/mol. The van der Waals surface area contributed by atoms with Crippen LogP contribution in [0.15, 0.2) is 77.7 Å². The van der Waals surface area contributed by atoms with E-state index in [2.05, 4.69) is 5.32 Å². The van der Waals surface area contributed by atoms with Gasteiger partial charge in [0.25, 0.3) is 11.5 Å². The summed E-state index contributed by atoms with van der Waals surface area (Å²) in [5, 5.41) is 14.8. The number of alkyl halides is 2. The molecule has 1 unspecified atom stereocenters. The molecule has 1 aromatic heterocycles. The van der Waals surface area contributed by atoms with Crippen molar-refractivity contribution in [3.63, 3.8) is 0 Å². The molecule has 2 amide bonds. The first-order valence-electron chi connectivity index (χ1n) is 14.5. The molecule has 9 heteroatoms. The first-order chi connectivity index (χ1) is 20.2. The second kappa shape index (κ2) is 12.2. The van der Waals surface area contributed by atoms with E-state index in [0.29, 0.717) is 29.5 Å². The number of benzene rings is 2. The topological polar surface area (TPSA) is 91.6 Å². The fourth-order valence-corrected chi connectivity index (χ4v) is 6.83. The molecule has 1 aliphatic carbocycles. The lowest BCUT2D eigenvalue weighted by Gasteiger charge is -2.52. The average Bonchev–Trinajstić information content (AvgIpc) is 3.48. The third-order valence-electron chi connectivity index (χ3n) is 9.23. The van der Waals surface area contributed by atoms with Gasteiger partial charge in [-0.2, -0.15) is 0 Å². The Morgan fingerprint density at radius 1 is 1.00 bits per heavy atom. The Balaban J connectivity index is 1.41. The van der Waals surface area contributed by atoms with Crippen molar-refractivity contribution in [2.75, 3.05) is 20.1 Å². The summed E-state index contributed by atoms with van der Waals surface area (Å²) in [5.74, 6) is -1.91. The Morgan fingerprint density at radius 3 is 2.26 bits per heavy atom. The van der Waals surface area contributed by atoms with Gasteiger partial charge in [0.1, 0.15) is 0 Å². The minimum Gasteiger partial charge on any atom is -0.387 e. The molecule has 1 saturated heterocycles. The Labute approximate surface area is 244 Å². The first-order valence-corrected chi connectivity index (χ1v) is 14.5. The minimum absolute atomic E-state index is 0.0311. The Bertz CT molecular complexity index is 1470. The first kappa shape index (κ1) is 29.6. The Morgan fingerprint density at radius 2 is 1.64 bits per heavy atom. The molecule has 5 rings (SSSR count). The highest BCUT2D eigenvalue weighted by atomic mass is 19.3. The van der Waals surface area contributed by atoms with Crippen LogP contribution in [0.3, 0.4) is 0 Å². The number of pyridine rings is 1. The van der Waals surface area contributed by atoms with E-state index in [1.165, 1.54) is 23.9 Å². The Hall–Kier alpha value is -3.85. The molecule has 2 N–H and O–H groups in total. The molecule has 3 aromatic rings. The van der Waals surface area contributed by atoms with Crippen molar-refractivity contribution >= 4 is 11.8 Å². The molecule has 2 fully saturated rings. The third-order valence-corrected chi connectivity index (χ3v) is 9.23. The zero-order valence-corrected chi connectivity index (χ0v) is 23.8. The number of hydrogen-bond acceptors (Lipinski definition) is 4. The van der Waals surface area contributed by atoms with Gasteiger partial charge >= 0.3 is 0 Å². The van der Waals surface area contributed by atoms with Crippen molar-refractivity contribution in [3.05, 3.63) is 94.4 Å². The monoisotopic (exact) mass is 577 g/mol. The van der Waals surface area contributed by atoms with Crippen molar-refractivity contribution in [2.24, 2.45) is 5.41 Å². The van der Waals surface area contributed by atoms with E-state index in [9.17, 15) is 28.3 Å². The number of rotatable bonds is 8. The van der Waals surface area contributed by atoms with Gasteiger partial charge in [-0.15, -0.1) is 0 Å². The van der Waals surface area contributed by atoms with Gasteiger partial charge in [0.2, 0.25) is 12.3 Å². The lowest BCUT2D eigenvalue weighted by Crippen LogP contribution is -2.62. The van der Waals surface area contributed by atoms with Crippen molar-refractivity contribution in [1.82, 2.24) is 14.8 Å². The van der Waals surface area contributed by atoms with Crippen LogP contribution in [0.1, 0.15) is 60.4 Å². The molecule has 1 saturated carbocycles. The molecular formula is C33H37F2N3O4. The van der Waals surface area contributed by atoms with E-state index in [-0.39, 0.29) is 49.8 Å². The van der Waals surface area contributed by atoms with Gasteiger partial charge in [-0.3, -0.25) is 14.4 Å². The summed E-state index contributed by atoms with van der Waals surface area (Å²) in [5.41, 5.74) is -0.362. The number of hydrogen-bond donors (Lipinski definition) is 2. The number of aliphatic hydroxyl groups is 1. The van der Waals surface area contributed by atoms with Crippen LogP contribution in [0.5, 0.6) is 0 Å². The van der Waals surface area contributed by atoms with Crippen LogP contribution >= 0.6 is 0 Å². The number of aromatic nitrogens is 1. The van der Waals surface area contributed by atoms with Gasteiger partial charge in [0.05, 0.1) is 23.6 Å². The zero-order valence-electron chi connectivity index (χ0n) is 23.8. The predicted octanol–water partition coefficient (Wildman–Crippen LogP) is 4.84. The van der Waals surface area contributed by atoms with Gasteiger partial charge in [-0.1, -0.05) is 73.5 Å². The highest BCUT2D eigenvalue weighted by Crippen LogP contribution is 2.52. The van der Waals surface area contributed by atoms with Crippen molar-refractivity contribution in [3.8, 4) is 11.1 Å². The van der Waals surface area contributed by atoms with Gasteiger partial charge in [-0.05, 0) is 30.4 Å². The largest absolute Gasteiger partial charge is 0.387 e. The van der Waals surface area contributed by atoms with Gasteiger partial charge < -0.3 is 19.9 Å². The number of nitrogens with zero attached hydrogens (tertiary/aromatic N) is 2. The molecule has 1 aliphatic heterocycles. The summed E-state index contributed by atoms with van der Waals surface area (Å²) in [6.07, 6.45) is 1.75. The molecule has 2 aromatic carbocycles. The van der Waals surface area contributed by atoms with Crippen molar-refractivity contribution in [2.45, 2.75) is 63.0 Å². The molecule has 2 aliphatic rings. The van der Waals surface area contributed by atoms with E-state index in [0.717, 1.165) is 18.4 Å². The molecular weight excluding hydrogens is 540 g/mol. The summed E-state index contributed by atoms with van der Waals surface area (Å²) >= 11 is 0. The number of nitrogens with one attached hydrogen (secondary N) is 1. The number of amides is 2. The van der Waals surface area contributed by atoms with Crippen LogP contribution in [0.4, 0.5) is 8.78 Å². The molecule has 0 bridgehead atoms. The molecule has 0 radical (unpaired) electrons. The molecule has 1 spiro atoms. The summed E-state index contributed by atoms with van der Waals surface area (Å²) in [6, 6.07) is 19.0. The van der Waals surface area contributed by atoms with Crippen LogP contribution in [-0.4, -0.2) is 58.6 Å². The number of likely N-dealkylation sites (tertiary alicyclic amines) is 1. The molecule has 2 heterocycles. The number of halogens is 2. The minimum atomic E-state index is -2.68. The highest BCUT2D eigenvalue weighted by molar-refractivity contribution is 6.00. The standard InChI is InChI=1S/C33H37F2N3O4/c1-36-31(41)27-20-38(29(40)18-25(27)23-10-4-2-5-11-23)22-33(42)16-17-37(21-32(33)14-8-9-15-32)28(39)19-26(30(34)35)24-12-6-3-7-13-24/h2-7,10-13,18,20,26,30,42H,8-9,14-17,19,21-22H2,1H3,(H,36,41)/t26-,33?/m1/s1. The van der Waals surface area contributed by atoms with Crippen LogP contribution in [0.25, 0.3) is 11.1 Å². The van der Waals surface area contributed by atoms with E-state index in [1.54, 1.807) is 35.2 Å². The summed E-state index contributed by atoms with van der Waals surface area (Å²) in [4.78, 5) is 41.2. The van der Waals surface area contributed by atoms with Crippen LogP contribution < -0.4 is 10.9 Å². The molecule has 42 heavy (non-hydrogen) atoms. The number of carbonyl (C=O) groups is 2. The second-order valence-electron chi connectivity index (χ2n) is 11.7. The normalized spacial score (nSPS) is 20.5. The maximum Gasteiger partial charge on any atom is 0.253 e. The van der Waals surface area contributed by atoms with Gasteiger partial charge in [-0.25, -0.2) is 8.78 Å². The maximum atomic E-state index is 14.0. The molecule has 222 valence electrons. The van der Waals surface area contributed by atoms with Crippen LogP contribution in [0, 0.1) is 5.41 Å². The third kappa shape index (κ3) is 5.75. The highest BCUT2D eigenvalue weighted by Gasteiger charge is 2.55. The van der Waals surface area contributed by atoms with E-state index >= 15 is 0 Å². The fraction of sp³-hybridized carbons (Fsp3) is 0.424. The van der Waals surface area contributed by atoms with Gasteiger partial charge in [0, 0.05) is 49.8 Å². The quantitative estimate of drug-likeness (QED) is 0.401. The van der Waals surface area contributed by atoms with E-state index in [4.69, 9.17) is 0 Å². The SMILES string of the molecule is CNC(=O)c1cn(CC2(O)CCN(C(=O)C[C@H](c3ccccc3)C(F)F)CC23CCCC3)c(=O)cc1-c1ccccc1. The van der Waals surface area contributed by atoms with Crippen LogP contribution in [0.2, 0.25) is 0 Å². The smallest absolute Gasteiger partial charge is 0.253 e. The van der Waals surface area contributed by atoms with Crippen molar-refractivity contribution in [1.29, 1.82) is 0 Å². The second-order valence-corrected chi connectivity index (χ2v) is 11.7. The summed E-state index contributed by atoms with van der Waals surface area (Å²) in [7, 11) is 1.52. The van der Waals surface area contributed by atoms with E-state index < -0.39 is 23.4 Å². The Kier molecular flexibility index (Phi) is 8.59. The molecule has 2 atom stereocenters. The number of piperidine rings is 1. The predicted molar refractivity (Wildman–Crippen MR) is 156 cm³/mol. The summed E-state index contributed by atoms with van der Waals surface area (Å²) < 4.78 is 29.4. The molecule has 7 nitrogen and oxygen atoms in total. The fourth-order valence-electron chi connectivity index (χ4n) is 6.83.